The summed E-state index contributed by atoms with van der Waals surface area (Å²) in [6.45, 7) is 8.60. The minimum absolute atomic E-state index is 0.159. The Balaban J connectivity index is 2.66. The van der Waals surface area contributed by atoms with Crippen molar-refractivity contribution in [3.05, 3.63) is 0 Å². The van der Waals surface area contributed by atoms with Crippen LogP contribution in [-0.4, -0.2) is 28.5 Å². The van der Waals surface area contributed by atoms with Crippen molar-refractivity contribution in [3.8, 4) is 0 Å². The molecule has 0 aliphatic heterocycles. The molecule has 3 N–H and O–H groups in total. The van der Waals surface area contributed by atoms with Gasteiger partial charge >= 0.3 is 0 Å². The smallest absolute Gasteiger partial charge is 0.238 e. The van der Waals surface area contributed by atoms with Gasteiger partial charge in [0.25, 0.3) is 0 Å². The lowest BCUT2D eigenvalue weighted by atomic mass is 9.83. The summed E-state index contributed by atoms with van der Waals surface area (Å²) < 4.78 is 0. The molecule has 106 valence electrons. The average Bonchev–Trinajstić information content (AvgIpc) is 2.61. The van der Waals surface area contributed by atoms with Gasteiger partial charge in [-0.2, -0.15) is 11.8 Å². The lowest BCUT2D eigenvalue weighted by Crippen LogP contribution is -2.60. The van der Waals surface area contributed by atoms with E-state index in [2.05, 4.69) is 33.0 Å². The van der Waals surface area contributed by atoms with Gasteiger partial charge in [0.05, 0.1) is 0 Å². The minimum atomic E-state index is -0.453. The lowest BCUT2D eigenvalue weighted by molar-refractivity contribution is -0.126. The standard InChI is InChI=1S/C14H28N2OS/c1-10(2)16-14(13(15)17)8-5-6-12(14)7-9-18-11(3)4/h10-12,16H,5-9H2,1-4H3,(H2,15,17). The molecule has 4 heteroatoms. The van der Waals surface area contributed by atoms with Crippen molar-refractivity contribution >= 4 is 17.7 Å². The van der Waals surface area contributed by atoms with Crippen LogP contribution in [0.3, 0.4) is 0 Å². The Morgan fingerprint density at radius 1 is 1.44 bits per heavy atom. The van der Waals surface area contributed by atoms with Gasteiger partial charge < -0.3 is 11.1 Å². The zero-order chi connectivity index (χ0) is 13.8. The maximum Gasteiger partial charge on any atom is 0.238 e. The molecule has 1 saturated carbocycles. The molecule has 2 unspecified atom stereocenters. The first kappa shape index (κ1) is 15.8. The summed E-state index contributed by atoms with van der Waals surface area (Å²) in [4.78, 5) is 11.9. The van der Waals surface area contributed by atoms with E-state index >= 15 is 0 Å². The topological polar surface area (TPSA) is 55.1 Å². The number of amides is 1. The molecule has 0 heterocycles. The van der Waals surface area contributed by atoms with Crippen LogP contribution in [-0.2, 0) is 4.79 Å². The summed E-state index contributed by atoms with van der Waals surface area (Å²) in [6.07, 6.45) is 4.23. The molecule has 1 fully saturated rings. The average molecular weight is 272 g/mol. The Morgan fingerprint density at radius 2 is 2.11 bits per heavy atom. The number of thioether (sulfide) groups is 1. The van der Waals surface area contributed by atoms with Gasteiger partial charge in [-0.1, -0.05) is 20.3 Å². The summed E-state index contributed by atoms with van der Waals surface area (Å²) >= 11 is 1.97. The van der Waals surface area contributed by atoms with E-state index in [-0.39, 0.29) is 5.91 Å². The van der Waals surface area contributed by atoms with Gasteiger partial charge in [-0.25, -0.2) is 0 Å². The number of nitrogens with one attached hydrogen (secondary N) is 1. The second-order valence-corrected chi connectivity index (χ2v) is 7.62. The van der Waals surface area contributed by atoms with E-state index in [1.165, 1.54) is 0 Å². The summed E-state index contributed by atoms with van der Waals surface area (Å²) in [5.74, 6) is 1.37. The first-order valence-corrected chi connectivity index (χ1v) is 8.12. The quantitative estimate of drug-likeness (QED) is 0.749. The Hall–Kier alpha value is -0.220. The second-order valence-electron chi connectivity index (χ2n) is 5.93. The molecule has 0 aromatic heterocycles. The van der Waals surface area contributed by atoms with Gasteiger partial charge in [-0.3, -0.25) is 4.79 Å². The second kappa shape index (κ2) is 6.80. The highest BCUT2D eigenvalue weighted by atomic mass is 32.2. The van der Waals surface area contributed by atoms with Crippen molar-refractivity contribution in [2.24, 2.45) is 11.7 Å². The largest absolute Gasteiger partial charge is 0.368 e. The Kier molecular flexibility index (Phi) is 5.99. The molecule has 1 aliphatic carbocycles. The van der Waals surface area contributed by atoms with Crippen LogP contribution in [0.15, 0.2) is 0 Å². The zero-order valence-electron chi connectivity index (χ0n) is 12.2. The van der Waals surface area contributed by atoms with Crippen LogP contribution >= 0.6 is 11.8 Å². The third-order valence-corrected chi connectivity index (χ3v) is 4.86. The summed E-state index contributed by atoms with van der Waals surface area (Å²) in [6, 6.07) is 0.302. The van der Waals surface area contributed by atoms with Gasteiger partial charge in [0.2, 0.25) is 5.91 Å². The van der Waals surface area contributed by atoms with Crippen LogP contribution in [0.1, 0.15) is 53.4 Å². The van der Waals surface area contributed by atoms with Crippen LogP contribution in [0.25, 0.3) is 0 Å². The number of rotatable bonds is 7. The van der Waals surface area contributed by atoms with Crippen LogP contribution < -0.4 is 11.1 Å². The van der Waals surface area contributed by atoms with E-state index in [0.717, 1.165) is 31.4 Å². The molecule has 0 aromatic carbocycles. The molecule has 1 amide bonds. The van der Waals surface area contributed by atoms with E-state index in [4.69, 9.17) is 5.73 Å². The summed E-state index contributed by atoms with van der Waals surface area (Å²) in [5.41, 5.74) is 5.24. The molecule has 0 radical (unpaired) electrons. The Bertz CT molecular complexity index is 281. The number of primary amides is 1. The van der Waals surface area contributed by atoms with Crippen molar-refractivity contribution in [1.82, 2.24) is 5.32 Å². The van der Waals surface area contributed by atoms with Gasteiger partial charge in [-0.15, -0.1) is 0 Å². The lowest BCUT2D eigenvalue weighted by Gasteiger charge is -2.35. The maximum absolute atomic E-state index is 11.9. The van der Waals surface area contributed by atoms with Crippen LogP contribution in [0.4, 0.5) is 0 Å². The Labute approximate surface area is 116 Å². The molecule has 0 spiro atoms. The molecular formula is C14H28N2OS. The predicted octanol–water partition coefficient (Wildman–Crippen LogP) is 2.54. The minimum Gasteiger partial charge on any atom is -0.368 e. The van der Waals surface area contributed by atoms with Crippen molar-refractivity contribution in [2.75, 3.05) is 5.75 Å². The normalized spacial score (nSPS) is 28.2. The van der Waals surface area contributed by atoms with Crippen LogP contribution in [0.2, 0.25) is 0 Å². The fraction of sp³-hybridized carbons (Fsp3) is 0.929. The predicted molar refractivity (Wildman–Crippen MR) is 79.7 cm³/mol. The van der Waals surface area contributed by atoms with E-state index in [0.29, 0.717) is 17.2 Å². The van der Waals surface area contributed by atoms with Gasteiger partial charge in [0, 0.05) is 6.04 Å². The number of carbonyl (C=O) groups is 1. The molecule has 0 bridgehead atoms. The van der Waals surface area contributed by atoms with Crippen molar-refractivity contribution in [3.63, 3.8) is 0 Å². The van der Waals surface area contributed by atoms with Gasteiger partial charge in [0.1, 0.15) is 5.54 Å². The zero-order valence-corrected chi connectivity index (χ0v) is 13.0. The highest BCUT2D eigenvalue weighted by molar-refractivity contribution is 7.99. The summed E-state index contributed by atoms with van der Waals surface area (Å²) in [5, 5.41) is 4.12. The summed E-state index contributed by atoms with van der Waals surface area (Å²) in [7, 11) is 0. The fourth-order valence-corrected chi connectivity index (χ4v) is 3.91. The van der Waals surface area contributed by atoms with Gasteiger partial charge in [0.15, 0.2) is 0 Å². The monoisotopic (exact) mass is 272 g/mol. The van der Waals surface area contributed by atoms with Crippen molar-refractivity contribution in [1.29, 1.82) is 0 Å². The highest BCUT2D eigenvalue weighted by Crippen LogP contribution is 2.39. The Morgan fingerprint density at radius 3 is 2.61 bits per heavy atom. The molecule has 2 atom stereocenters. The first-order valence-electron chi connectivity index (χ1n) is 7.07. The number of nitrogens with two attached hydrogens (primary N) is 1. The molecule has 1 aliphatic rings. The van der Waals surface area contributed by atoms with Crippen LogP contribution in [0, 0.1) is 5.92 Å². The fourth-order valence-electron chi connectivity index (χ4n) is 3.02. The number of carbonyl (C=O) groups excluding carboxylic acids is 1. The first-order chi connectivity index (χ1) is 8.38. The highest BCUT2D eigenvalue weighted by Gasteiger charge is 2.47. The molecular weight excluding hydrogens is 244 g/mol. The van der Waals surface area contributed by atoms with Crippen LogP contribution in [0.5, 0.6) is 0 Å². The third-order valence-electron chi connectivity index (χ3n) is 3.72. The van der Waals surface area contributed by atoms with Gasteiger partial charge in [-0.05, 0) is 50.0 Å². The third kappa shape index (κ3) is 3.89. The SMILES string of the molecule is CC(C)NC1(C(N)=O)CCCC1CCSC(C)C. The molecule has 18 heavy (non-hydrogen) atoms. The van der Waals surface area contributed by atoms with E-state index < -0.39 is 5.54 Å². The molecule has 3 nitrogen and oxygen atoms in total. The molecule has 0 saturated heterocycles. The van der Waals surface area contributed by atoms with Crippen molar-refractivity contribution < 1.29 is 4.79 Å². The molecule has 0 aromatic rings. The van der Waals surface area contributed by atoms with Crippen molar-refractivity contribution in [2.45, 2.75) is 70.2 Å². The number of hydrogen-bond acceptors (Lipinski definition) is 3. The van der Waals surface area contributed by atoms with E-state index in [9.17, 15) is 4.79 Å². The number of hydrogen-bond donors (Lipinski definition) is 2. The van der Waals surface area contributed by atoms with E-state index in [1.807, 2.05) is 11.8 Å². The van der Waals surface area contributed by atoms with E-state index in [1.54, 1.807) is 0 Å². The molecule has 1 rings (SSSR count). The maximum atomic E-state index is 11.9.